The van der Waals surface area contributed by atoms with E-state index >= 15 is 0 Å². The minimum absolute atomic E-state index is 0.256. The molecule has 0 saturated heterocycles. The Balaban J connectivity index is 2.73. The van der Waals surface area contributed by atoms with E-state index < -0.39 is 0 Å². The topological polar surface area (TPSA) is 50.6 Å². The summed E-state index contributed by atoms with van der Waals surface area (Å²) in [5.41, 5.74) is 0.696. The lowest BCUT2D eigenvalue weighted by Crippen LogP contribution is -2.45. The molecule has 0 aliphatic carbocycles. The standard InChI is InChI=1S/C14H24Cl2N4O/c1-6-17-13(19-9-14(2,3)21-5)18-8-10-7-11(15)12(16)20(10)4/h7H,6,8-9H2,1-5H3,(H2,17,18,19). The van der Waals surface area contributed by atoms with E-state index in [4.69, 9.17) is 27.9 Å². The van der Waals surface area contributed by atoms with Crippen LogP contribution in [-0.2, 0) is 18.3 Å². The van der Waals surface area contributed by atoms with Crippen molar-refractivity contribution in [1.82, 2.24) is 15.2 Å². The molecule has 0 spiro atoms. The third-order valence-corrected chi connectivity index (χ3v) is 4.04. The summed E-state index contributed by atoms with van der Waals surface area (Å²) in [7, 11) is 3.56. The highest BCUT2D eigenvalue weighted by atomic mass is 35.5. The number of hydrogen-bond acceptors (Lipinski definition) is 2. The van der Waals surface area contributed by atoms with Crippen molar-refractivity contribution in [2.45, 2.75) is 32.9 Å². The highest BCUT2D eigenvalue weighted by Gasteiger charge is 2.16. The summed E-state index contributed by atoms with van der Waals surface area (Å²) in [6.07, 6.45) is 0. The predicted molar refractivity (Wildman–Crippen MR) is 89.3 cm³/mol. The number of nitrogens with one attached hydrogen (secondary N) is 2. The lowest BCUT2D eigenvalue weighted by Gasteiger charge is -2.24. The first kappa shape index (κ1) is 18.1. The van der Waals surface area contributed by atoms with E-state index in [2.05, 4.69) is 15.6 Å². The molecule has 0 amide bonds. The van der Waals surface area contributed by atoms with Gasteiger partial charge in [-0.2, -0.15) is 0 Å². The van der Waals surface area contributed by atoms with Crippen LogP contribution in [0, 0.1) is 0 Å². The second-order valence-electron chi connectivity index (χ2n) is 5.35. The molecule has 5 nitrogen and oxygen atoms in total. The van der Waals surface area contributed by atoms with Crippen LogP contribution < -0.4 is 10.6 Å². The van der Waals surface area contributed by atoms with Crippen molar-refractivity contribution in [2.24, 2.45) is 12.0 Å². The lowest BCUT2D eigenvalue weighted by atomic mass is 10.1. The van der Waals surface area contributed by atoms with Crippen molar-refractivity contribution < 1.29 is 4.74 Å². The quantitative estimate of drug-likeness (QED) is 0.621. The Kier molecular flexibility index (Phi) is 6.84. The zero-order chi connectivity index (χ0) is 16.0. The van der Waals surface area contributed by atoms with Gasteiger partial charge in [0.05, 0.1) is 17.2 Å². The monoisotopic (exact) mass is 334 g/mol. The summed E-state index contributed by atoms with van der Waals surface area (Å²) in [5.74, 6) is 0.732. The SMILES string of the molecule is CCNC(=NCc1cc(Cl)c(Cl)n1C)NCC(C)(C)OC. The molecule has 21 heavy (non-hydrogen) atoms. The maximum absolute atomic E-state index is 6.05. The summed E-state index contributed by atoms with van der Waals surface area (Å²) in [5, 5.41) is 7.53. The molecule has 0 unspecified atom stereocenters. The molecule has 0 atom stereocenters. The van der Waals surface area contributed by atoms with E-state index in [1.807, 2.05) is 38.5 Å². The second-order valence-corrected chi connectivity index (χ2v) is 6.11. The molecule has 1 aromatic heterocycles. The van der Waals surface area contributed by atoms with Gasteiger partial charge in [-0.15, -0.1) is 0 Å². The molecular weight excluding hydrogens is 311 g/mol. The summed E-state index contributed by atoms with van der Waals surface area (Å²) in [6.45, 7) is 7.99. The molecular formula is C14H24Cl2N4O. The molecule has 0 saturated carbocycles. The Morgan fingerprint density at radius 1 is 1.38 bits per heavy atom. The van der Waals surface area contributed by atoms with Crippen LogP contribution in [0.15, 0.2) is 11.1 Å². The van der Waals surface area contributed by atoms with Crippen molar-refractivity contribution >= 4 is 29.2 Å². The molecule has 0 fully saturated rings. The Labute approximate surface area is 136 Å². The average Bonchev–Trinajstić information content (AvgIpc) is 2.69. The van der Waals surface area contributed by atoms with Crippen LogP contribution in [0.4, 0.5) is 0 Å². The Morgan fingerprint density at radius 3 is 2.52 bits per heavy atom. The number of nitrogens with zero attached hydrogens (tertiary/aromatic N) is 2. The van der Waals surface area contributed by atoms with Crippen LogP contribution in [-0.4, -0.2) is 36.3 Å². The van der Waals surface area contributed by atoms with Gasteiger partial charge in [-0.25, -0.2) is 4.99 Å². The van der Waals surface area contributed by atoms with Gasteiger partial charge in [0.1, 0.15) is 5.15 Å². The first-order chi connectivity index (χ1) is 9.80. The van der Waals surface area contributed by atoms with E-state index in [0.717, 1.165) is 18.2 Å². The highest BCUT2D eigenvalue weighted by molar-refractivity contribution is 6.41. The number of aromatic nitrogens is 1. The lowest BCUT2D eigenvalue weighted by molar-refractivity contribution is 0.0268. The number of hydrogen-bond donors (Lipinski definition) is 2. The summed E-state index contributed by atoms with van der Waals surface area (Å²) >= 11 is 12.1. The molecule has 0 radical (unpaired) electrons. The number of ether oxygens (including phenoxy) is 1. The fourth-order valence-corrected chi connectivity index (χ4v) is 2.03. The largest absolute Gasteiger partial charge is 0.377 e. The minimum Gasteiger partial charge on any atom is -0.377 e. The van der Waals surface area contributed by atoms with Crippen molar-refractivity contribution in [3.05, 3.63) is 21.9 Å². The number of methoxy groups -OCH3 is 1. The van der Waals surface area contributed by atoms with Gasteiger partial charge in [0.2, 0.25) is 0 Å². The van der Waals surface area contributed by atoms with E-state index in [1.54, 1.807) is 7.11 Å². The van der Waals surface area contributed by atoms with Gasteiger partial charge in [0.15, 0.2) is 5.96 Å². The fourth-order valence-electron chi connectivity index (χ4n) is 1.61. The normalized spacial score (nSPS) is 12.6. The molecule has 120 valence electrons. The van der Waals surface area contributed by atoms with Gasteiger partial charge in [-0.1, -0.05) is 23.2 Å². The Bertz CT molecular complexity index is 497. The Morgan fingerprint density at radius 2 is 2.05 bits per heavy atom. The molecule has 1 rings (SSSR count). The van der Waals surface area contributed by atoms with Crippen molar-refractivity contribution in [1.29, 1.82) is 0 Å². The van der Waals surface area contributed by atoms with Crippen molar-refractivity contribution in [3.63, 3.8) is 0 Å². The minimum atomic E-state index is -0.256. The predicted octanol–water partition coefficient (Wildman–Crippen LogP) is 2.81. The van der Waals surface area contributed by atoms with Gasteiger partial charge in [-0.3, -0.25) is 0 Å². The van der Waals surface area contributed by atoms with E-state index in [-0.39, 0.29) is 5.60 Å². The molecule has 0 aliphatic heterocycles. The number of guanidine groups is 1. The zero-order valence-electron chi connectivity index (χ0n) is 13.3. The first-order valence-corrected chi connectivity index (χ1v) is 7.63. The fraction of sp³-hybridized carbons (Fsp3) is 0.643. The molecule has 0 aromatic carbocycles. The van der Waals surface area contributed by atoms with Gasteiger partial charge >= 0.3 is 0 Å². The Hall–Kier alpha value is -0.910. The molecule has 1 aromatic rings. The van der Waals surface area contributed by atoms with Crippen LogP contribution in [0.5, 0.6) is 0 Å². The number of halogens is 2. The molecule has 0 aliphatic rings. The summed E-state index contributed by atoms with van der Waals surface area (Å²) in [4.78, 5) is 4.54. The third kappa shape index (κ3) is 5.41. The van der Waals surface area contributed by atoms with Gasteiger partial charge in [0, 0.05) is 32.9 Å². The van der Waals surface area contributed by atoms with Crippen LogP contribution >= 0.6 is 23.2 Å². The van der Waals surface area contributed by atoms with Crippen LogP contribution in [0.3, 0.4) is 0 Å². The molecule has 1 heterocycles. The van der Waals surface area contributed by atoms with Crippen LogP contribution in [0.25, 0.3) is 0 Å². The van der Waals surface area contributed by atoms with E-state index in [1.165, 1.54) is 0 Å². The molecule has 0 bridgehead atoms. The van der Waals surface area contributed by atoms with E-state index in [9.17, 15) is 0 Å². The maximum Gasteiger partial charge on any atom is 0.191 e. The molecule has 2 N–H and O–H groups in total. The number of rotatable bonds is 6. The van der Waals surface area contributed by atoms with Gasteiger partial charge in [0.25, 0.3) is 0 Å². The second kappa shape index (κ2) is 7.92. The maximum atomic E-state index is 6.05. The highest BCUT2D eigenvalue weighted by Crippen LogP contribution is 2.25. The van der Waals surface area contributed by atoms with Crippen molar-refractivity contribution in [3.8, 4) is 0 Å². The average molecular weight is 335 g/mol. The van der Waals surface area contributed by atoms with Crippen LogP contribution in [0.1, 0.15) is 26.5 Å². The number of aliphatic imine (C=N–C) groups is 1. The third-order valence-electron chi connectivity index (χ3n) is 3.19. The van der Waals surface area contributed by atoms with Crippen molar-refractivity contribution in [2.75, 3.05) is 20.2 Å². The van der Waals surface area contributed by atoms with Gasteiger partial charge < -0.3 is 19.9 Å². The van der Waals surface area contributed by atoms with Crippen LogP contribution in [0.2, 0.25) is 10.2 Å². The first-order valence-electron chi connectivity index (χ1n) is 6.87. The smallest absolute Gasteiger partial charge is 0.191 e. The summed E-state index contributed by atoms with van der Waals surface area (Å²) in [6, 6.07) is 1.83. The summed E-state index contributed by atoms with van der Waals surface area (Å²) < 4.78 is 7.21. The van der Waals surface area contributed by atoms with Gasteiger partial charge in [-0.05, 0) is 26.8 Å². The van der Waals surface area contributed by atoms with E-state index in [0.29, 0.717) is 23.3 Å². The molecule has 7 heteroatoms. The zero-order valence-corrected chi connectivity index (χ0v) is 14.8.